The summed E-state index contributed by atoms with van der Waals surface area (Å²) in [6.45, 7) is 2.88. The van der Waals surface area contributed by atoms with Crippen LogP contribution in [0, 0.1) is 0 Å². The summed E-state index contributed by atoms with van der Waals surface area (Å²) in [5.41, 5.74) is 3.52. The van der Waals surface area contributed by atoms with E-state index in [1.54, 1.807) is 0 Å². The minimum Gasteiger partial charge on any atom is -0.493 e. The monoisotopic (exact) mass is 279 g/mol. The highest BCUT2D eigenvalue weighted by Crippen LogP contribution is 2.38. The van der Waals surface area contributed by atoms with Crippen molar-refractivity contribution in [1.82, 2.24) is 0 Å². The summed E-state index contributed by atoms with van der Waals surface area (Å²) in [7, 11) is 0. The van der Waals surface area contributed by atoms with Gasteiger partial charge in [0.2, 0.25) is 0 Å². The first-order valence-electron chi connectivity index (χ1n) is 7.57. The summed E-state index contributed by atoms with van der Waals surface area (Å²) in [5.74, 6) is 1.56. The van der Waals surface area contributed by atoms with Gasteiger partial charge < -0.3 is 10.1 Å². The standard InChI is InChI=1S/C19H21NO/c1-2-3-5-8-15-14-21-19-13-17(11-12-18(15)19)20-16-9-6-4-7-10-16/h2-4,6-7,9-13,15,20H,5,8,14H2,1H3/b3-2-. The number of fused-ring (bicyclic) bond motifs is 1. The number of nitrogens with one attached hydrogen (secondary N) is 1. The third kappa shape index (κ3) is 3.27. The zero-order chi connectivity index (χ0) is 14.5. The minimum absolute atomic E-state index is 0.530. The van der Waals surface area contributed by atoms with Gasteiger partial charge in [-0.05, 0) is 38.0 Å². The molecule has 2 heteroatoms. The Kier molecular flexibility index (Phi) is 4.25. The molecule has 1 aliphatic rings. The molecule has 0 amide bonds. The molecule has 2 nitrogen and oxygen atoms in total. The van der Waals surface area contributed by atoms with Gasteiger partial charge in [0.05, 0.1) is 6.61 Å². The summed E-state index contributed by atoms with van der Waals surface area (Å²) >= 11 is 0. The predicted molar refractivity (Wildman–Crippen MR) is 88.5 cm³/mol. The Balaban J connectivity index is 1.71. The summed E-state index contributed by atoms with van der Waals surface area (Å²) in [6, 6.07) is 16.7. The van der Waals surface area contributed by atoms with Crippen molar-refractivity contribution in [1.29, 1.82) is 0 Å². The number of rotatable bonds is 5. The van der Waals surface area contributed by atoms with Crippen LogP contribution in [0.2, 0.25) is 0 Å². The molecule has 1 atom stereocenters. The fourth-order valence-corrected chi connectivity index (χ4v) is 2.75. The van der Waals surface area contributed by atoms with Gasteiger partial charge in [-0.3, -0.25) is 0 Å². The molecule has 1 N–H and O–H groups in total. The maximum atomic E-state index is 5.86. The summed E-state index contributed by atoms with van der Waals surface area (Å²) in [6.07, 6.45) is 6.61. The zero-order valence-corrected chi connectivity index (χ0v) is 12.4. The second-order valence-electron chi connectivity index (χ2n) is 5.40. The lowest BCUT2D eigenvalue weighted by Gasteiger charge is -2.09. The zero-order valence-electron chi connectivity index (χ0n) is 12.4. The van der Waals surface area contributed by atoms with Crippen LogP contribution in [0.5, 0.6) is 5.75 Å². The predicted octanol–water partition coefficient (Wildman–Crippen LogP) is 5.26. The Morgan fingerprint density at radius 3 is 2.81 bits per heavy atom. The first kappa shape index (κ1) is 13.7. The third-order valence-electron chi connectivity index (χ3n) is 3.87. The molecule has 2 aromatic rings. The molecule has 0 aromatic heterocycles. The van der Waals surface area contributed by atoms with E-state index in [1.165, 1.54) is 5.56 Å². The van der Waals surface area contributed by atoms with Gasteiger partial charge in [-0.15, -0.1) is 0 Å². The van der Waals surface area contributed by atoms with Crippen molar-refractivity contribution in [3.63, 3.8) is 0 Å². The van der Waals surface area contributed by atoms with Crippen LogP contribution in [0.4, 0.5) is 11.4 Å². The van der Waals surface area contributed by atoms with Crippen molar-refractivity contribution in [2.75, 3.05) is 11.9 Å². The number of anilines is 2. The Morgan fingerprint density at radius 1 is 1.14 bits per heavy atom. The highest BCUT2D eigenvalue weighted by Gasteiger charge is 2.23. The Bertz CT molecular complexity index is 619. The molecule has 3 rings (SSSR count). The molecule has 0 saturated heterocycles. The van der Waals surface area contributed by atoms with Crippen LogP contribution in [0.1, 0.15) is 31.2 Å². The smallest absolute Gasteiger partial charge is 0.124 e. The van der Waals surface area contributed by atoms with E-state index < -0.39 is 0 Å². The molecule has 0 radical (unpaired) electrons. The van der Waals surface area contributed by atoms with Crippen LogP contribution < -0.4 is 10.1 Å². The van der Waals surface area contributed by atoms with Crippen LogP contribution in [0.25, 0.3) is 0 Å². The Hall–Kier alpha value is -2.22. The second kappa shape index (κ2) is 6.49. The average Bonchev–Trinajstić information content (AvgIpc) is 2.91. The summed E-state index contributed by atoms with van der Waals surface area (Å²) in [5, 5.41) is 3.41. The van der Waals surface area contributed by atoms with Gasteiger partial charge in [0, 0.05) is 28.9 Å². The molecule has 21 heavy (non-hydrogen) atoms. The van der Waals surface area contributed by atoms with Crippen LogP contribution in [-0.2, 0) is 0 Å². The number of hydrogen-bond donors (Lipinski definition) is 1. The van der Waals surface area contributed by atoms with Crippen LogP contribution in [0.15, 0.2) is 60.7 Å². The third-order valence-corrected chi connectivity index (χ3v) is 3.87. The molecule has 0 bridgehead atoms. The SMILES string of the molecule is C/C=C\CCC1COc2cc(Nc3ccccc3)ccc21. The second-order valence-corrected chi connectivity index (χ2v) is 5.40. The average molecular weight is 279 g/mol. The lowest BCUT2D eigenvalue weighted by atomic mass is 9.96. The van der Waals surface area contributed by atoms with E-state index in [4.69, 9.17) is 4.74 Å². The lowest BCUT2D eigenvalue weighted by Crippen LogP contribution is -1.99. The molecule has 0 aliphatic carbocycles. The maximum absolute atomic E-state index is 5.86. The van der Waals surface area contributed by atoms with E-state index in [9.17, 15) is 0 Å². The fourth-order valence-electron chi connectivity index (χ4n) is 2.75. The first-order valence-corrected chi connectivity index (χ1v) is 7.57. The van der Waals surface area contributed by atoms with Crippen molar-refractivity contribution in [2.24, 2.45) is 0 Å². The van der Waals surface area contributed by atoms with Gasteiger partial charge in [-0.2, -0.15) is 0 Å². The van der Waals surface area contributed by atoms with Gasteiger partial charge >= 0.3 is 0 Å². The highest BCUT2D eigenvalue weighted by molar-refractivity contribution is 5.63. The Labute approximate surface area is 126 Å². The van der Waals surface area contributed by atoms with Gasteiger partial charge in [-0.1, -0.05) is 36.4 Å². The van der Waals surface area contributed by atoms with Crippen molar-refractivity contribution in [2.45, 2.75) is 25.7 Å². The van der Waals surface area contributed by atoms with Crippen molar-refractivity contribution < 1.29 is 4.74 Å². The van der Waals surface area contributed by atoms with Gasteiger partial charge in [0.1, 0.15) is 5.75 Å². The summed E-state index contributed by atoms with van der Waals surface area (Å²) in [4.78, 5) is 0. The van der Waals surface area contributed by atoms with Crippen molar-refractivity contribution >= 4 is 11.4 Å². The molecule has 0 saturated carbocycles. The Morgan fingerprint density at radius 2 is 2.00 bits per heavy atom. The maximum Gasteiger partial charge on any atom is 0.124 e. The first-order chi connectivity index (χ1) is 10.4. The fraction of sp³-hybridized carbons (Fsp3) is 0.263. The number of ether oxygens (including phenoxy) is 1. The topological polar surface area (TPSA) is 21.3 Å². The van der Waals surface area contributed by atoms with Crippen molar-refractivity contribution in [3.05, 3.63) is 66.2 Å². The highest BCUT2D eigenvalue weighted by atomic mass is 16.5. The van der Waals surface area contributed by atoms with Crippen LogP contribution in [-0.4, -0.2) is 6.61 Å². The normalized spacial score (nSPS) is 16.7. The van der Waals surface area contributed by atoms with Crippen LogP contribution in [0.3, 0.4) is 0 Å². The van der Waals surface area contributed by atoms with E-state index in [0.717, 1.165) is 36.6 Å². The van der Waals surface area contributed by atoms with Crippen molar-refractivity contribution in [3.8, 4) is 5.75 Å². The molecule has 108 valence electrons. The van der Waals surface area contributed by atoms with E-state index in [2.05, 4.69) is 54.7 Å². The molecule has 0 spiro atoms. The number of hydrogen-bond acceptors (Lipinski definition) is 2. The van der Waals surface area contributed by atoms with Crippen LogP contribution >= 0.6 is 0 Å². The summed E-state index contributed by atoms with van der Waals surface area (Å²) < 4.78 is 5.86. The molecule has 0 fully saturated rings. The van der Waals surface area contributed by atoms with E-state index in [1.807, 2.05) is 18.2 Å². The van der Waals surface area contributed by atoms with E-state index in [0.29, 0.717) is 5.92 Å². The lowest BCUT2D eigenvalue weighted by molar-refractivity contribution is 0.326. The number of allylic oxidation sites excluding steroid dienone is 2. The molecule has 1 heterocycles. The quantitative estimate of drug-likeness (QED) is 0.753. The molecular weight excluding hydrogens is 258 g/mol. The number of benzene rings is 2. The largest absolute Gasteiger partial charge is 0.493 e. The van der Waals surface area contributed by atoms with Gasteiger partial charge in [0.15, 0.2) is 0 Å². The van der Waals surface area contributed by atoms with E-state index in [-0.39, 0.29) is 0 Å². The minimum atomic E-state index is 0.530. The number of para-hydroxylation sites is 1. The van der Waals surface area contributed by atoms with Gasteiger partial charge in [0.25, 0.3) is 0 Å². The van der Waals surface area contributed by atoms with Gasteiger partial charge in [-0.25, -0.2) is 0 Å². The molecule has 2 aromatic carbocycles. The van der Waals surface area contributed by atoms with E-state index >= 15 is 0 Å². The molecule has 1 aliphatic heterocycles. The molecular formula is C19H21NO. The molecule has 1 unspecified atom stereocenters.